The SMILES string of the molecule is CCC1(C(=O)c2nccnc2OC)CCCNC1. The minimum absolute atomic E-state index is 0.0437. The minimum Gasteiger partial charge on any atom is -0.479 e. The van der Waals surface area contributed by atoms with Crippen LogP contribution in [-0.2, 0) is 0 Å². The number of rotatable bonds is 4. The molecule has 0 spiro atoms. The Hall–Kier alpha value is -1.49. The molecule has 1 N–H and O–H groups in total. The van der Waals surface area contributed by atoms with Crippen LogP contribution in [0.1, 0.15) is 36.7 Å². The Bertz CT molecular complexity index is 428. The van der Waals surface area contributed by atoms with Crippen molar-refractivity contribution in [3.63, 3.8) is 0 Å². The first-order chi connectivity index (χ1) is 8.73. The van der Waals surface area contributed by atoms with Crippen LogP contribution in [0.5, 0.6) is 5.88 Å². The number of Topliss-reactive ketones (excluding diaryl/α,β-unsaturated/α-hetero) is 1. The lowest BCUT2D eigenvalue weighted by molar-refractivity contribution is 0.0720. The van der Waals surface area contributed by atoms with Crippen molar-refractivity contribution in [3.05, 3.63) is 18.1 Å². The molecule has 98 valence electrons. The third-order valence-corrected chi connectivity index (χ3v) is 3.70. The Morgan fingerprint density at radius 3 is 2.89 bits per heavy atom. The fourth-order valence-corrected chi connectivity index (χ4v) is 2.51. The van der Waals surface area contributed by atoms with Crippen molar-refractivity contribution in [3.8, 4) is 5.88 Å². The smallest absolute Gasteiger partial charge is 0.243 e. The predicted octanol–water partition coefficient (Wildman–Crippen LogP) is 1.45. The van der Waals surface area contributed by atoms with Crippen LogP contribution in [0.15, 0.2) is 12.4 Å². The molecule has 0 aromatic carbocycles. The molecule has 1 fully saturated rings. The number of hydrogen-bond donors (Lipinski definition) is 1. The van der Waals surface area contributed by atoms with Gasteiger partial charge in [0.1, 0.15) is 0 Å². The Labute approximate surface area is 107 Å². The molecule has 1 atom stereocenters. The van der Waals surface area contributed by atoms with Gasteiger partial charge in [-0.15, -0.1) is 0 Å². The normalized spacial score (nSPS) is 23.7. The Kier molecular flexibility index (Phi) is 3.91. The lowest BCUT2D eigenvalue weighted by Gasteiger charge is -2.35. The Morgan fingerprint density at radius 1 is 1.50 bits per heavy atom. The van der Waals surface area contributed by atoms with Crippen molar-refractivity contribution >= 4 is 5.78 Å². The van der Waals surface area contributed by atoms with Crippen molar-refractivity contribution in [1.82, 2.24) is 15.3 Å². The molecule has 1 saturated heterocycles. The molecule has 0 radical (unpaired) electrons. The molecule has 18 heavy (non-hydrogen) atoms. The third-order valence-electron chi connectivity index (χ3n) is 3.70. The van der Waals surface area contributed by atoms with Crippen molar-refractivity contribution < 1.29 is 9.53 Å². The fraction of sp³-hybridized carbons (Fsp3) is 0.615. The van der Waals surface area contributed by atoms with Gasteiger partial charge in [0.25, 0.3) is 0 Å². The van der Waals surface area contributed by atoms with E-state index in [-0.39, 0.29) is 11.2 Å². The Balaban J connectivity index is 2.33. The molecular formula is C13H19N3O2. The lowest BCUT2D eigenvalue weighted by Crippen LogP contribution is -2.45. The van der Waals surface area contributed by atoms with E-state index in [9.17, 15) is 4.79 Å². The number of ketones is 1. The van der Waals surface area contributed by atoms with Gasteiger partial charge in [-0.25, -0.2) is 9.97 Å². The van der Waals surface area contributed by atoms with E-state index in [1.54, 1.807) is 0 Å². The van der Waals surface area contributed by atoms with Crippen LogP contribution < -0.4 is 10.1 Å². The molecule has 1 aromatic heterocycles. The van der Waals surface area contributed by atoms with E-state index in [0.717, 1.165) is 25.8 Å². The first kappa shape index (κ1) is 13.0. The van der Waals surface area contributed by atoms with Crippen LogP contribution in [0.2, 0.25) is 0 Å². The van der Waals surface area contributed by atoms with Crippen molar-refractivity contribution in [2.24, 2.45) is 5.41 Å². The second kappa shape index (κ2) is 5.44. The second-order valence-electron chi connectivity index (χ2n) is 4.66. The van der Waals surface area contributed by atoms with Crippen molar-refractivity contribution in [2.45, 2.75) is 26.2 Å². The summed E-state index contributed by atoms with van der Waals surface area (Å²) in [5.41, 5.74) is -0.00720. The van der Waals surface area contributed by atoms with Crippen LogP contribution in [0.3, 0.4) is 0 Å². The van der Waals surface area contributed by atoms with Gasteiger partial charge in [-0.2, -0.15) is 0 Å². The number of carbonyl (C=O) groups excluding carboxylic acids is 1. The molecule has 0 saturated carbocycles. The van der Waals surface area contributed by atoms with E-state index in [2.05, 4.69) is 15.3 Å². The standard InChI is InChI=1S/C13H19N3O2/c1-3-13(5-4-6-14-9-13)11(17)10-12(18-2)16-8-7-15-10/h7-8,14H,3-6,9H2,1-2H3. The predicted molar refractivity (Wildman–Crippen MR) is 67.7 cm³/mol. The first-order valence-corrected chi connectivity index (χ1v) is 6.34. The van der Waals surface area contributed by atoms with E-state index in [1.165, 1.54) is 19.5 Å². The summed E-state index contributed by atoms with van der Waals surface area (Å²) in [6, 6.07) is 0. The van der Waals surface area contributed by atoms with Gasteiger partial charge >= 0.3 is 0 Å². The van der Waals surface area contributed by atoms with Gasteiger partial charge in [0, 0.05) is 24.4 Å². The number of nitrogens with one attached hydrogen (secondary N) is 1. The number of aromatic nitrogens is 2. The summed E-state index contributed by atoms with van der Waals surface area (Å²) >= 11 is 0. The summed E-state index contributed by atoms with van der Waals surface area (Å²) in [6.07, 6.45) is 5.79. The molecular weight excluding hydrogens is 230 g/mol. The molecule has 2 heterocycles. The maximum Gasteiger partial charge on any atom is 0.243 e. The zero-order valence-electron chi connectivity index (χ0n) is 10.9. The summed E-state index contributed by atoms with van der Waals surface area (Å²) in [5, 5.41) is 3.30. The lowest BCUT2D eigenvalue weighted by atomic mass is 9.74. The average molecular weight is 249 g/mol. The van der Waals surface area contributed by atoms with Gasteiger partial charge in [-0.05, 0) is 25.8 Å². The molecule has 2 rings (SSSR count). The fourth-order valence-electron chi connectivity index (χ4n) is 2.51. The van der Waals surface area contributed by atoms with E-state index in [0.29, 0.717) is 18.1 Å². The topological polar surface area (TPSA) is 64.1 Å². The number of hydrogen-bond acceptors (Lipinski definition) is 5. The summed E-state index contributed by atoms with van der Waals surface area (Å²) in [5.74, 6) is 0.364. The molecule has 1 aliphatic rings. The number of carbonyl (C=O) groups is 1. The summed E-state index contributed by atoms with van der Waals surface area (Å²) in [7, 11) is 1.51. The summed E-state index contributed by atoms with van der Waals surface area (Å²) in [6.45, 7) is 3.74. The highest BCUT2D eigenvalue weighted by molar-refractivity contribution is 6.00. The van der Waals surface area contributed by atoms with Gasteiger partial charge in [0.2, 0.25) is 5.88 Å². The number of piperidine rings is 1. The van der Waals surface area contributed by atoms with E-state index < -0.39 is 0 Å². The van der Waals surface area contributed by atoms with Crippen LogP contribution >= 0.6 is 0 Å². The molecule has 0 bridgehead atoms. The van der Waals surface area contributed by atoms with Gasteiger partial charge < -0.3 is 10.1 Å². The van der Waals surface area contributed by atoms with Gasteiger partial charge in [-0.1, -0.05) is 6.92 Å². The summed E-state index contributed by atoms with van der Waals surface area (Å²) < 4.78 is 5.13. The first-order valence-electron chi connectivity index (χ1n) is 6.34. The molecule has 1 unspecified atom stereocenters. The van der Waals surface area contributed by atoms with Crippen molar-refractivity contribution in [2.75, 3.05) is 20.2 Å². The molecule has 5 nitrogen and oxygen atoms in total. The van der Waals surface area contributed by atoms with Gasteiger partial charge in [0.15, 0.2) is 11.5 Å². The molecule has 0 amide bonds. The zero-order valence-corrected chi connectivity index (χ0v) is 10.9. The number of ether oxygens (including phenoxy) is 1. The van der Waals surface area contributed by atoms with Gasteiger partial charge in [0.05, 0.1) is 7.11 Å². The van der Waals surface area contributed by atoms with E-state index in [4.69, 9.17) is 4.74 Å². The van der Waals surface area contributed by atoms with Crippen LogP contribution in [0.25, 0.3) is 0 Å². The van der Waals surface area contributed by atoms with E-state index >= 15 is 0 Å². The third kappa shape index (κ3) is 2.22. The molecule has 1 aliphatic heterocycles. The van der Waals surface area contributed by atoms with E-state index in [1.807, 2.05) is 6.92 Å². The minimum atomic E-state index is -0.360. The second-order valence-corrected chi connectivity index (χ2v) is 4.66. The zero-order chi connectivity index (χ0) is 13.0. The summed E-state index contributed by atoms with van der Waals surface area (Å²) in [4.78, 5) is 20.9. The highest BCUT2D eigenvalue weighted by atomic mass is 16.5. The highest BCUT2D eigenvalue weighted by Crippen LogP contribution is 2.35. The quantitative estimate of drug-likeness (QED) is 0.818. The van der Waals surface area contributed by atoms with Crippen LogP contribution in [0.4, 0.5) is 0 Å². The van der Waals surface area contributed by atoms with Gasteiger partial charge in [-0.3, -0.25) is 4.79 Å². The van der Waals surface area contributed by atoms with Crippen molar-refractivity contribution in [1.29, 1.82) is 0 Å². The average Bonchev–Trinajstić information content (AvgIpc) is 2.47. The maximum absolute atomic E-state index is 12.7. The monoisotopic (exact) mass is 249 g/mol. The number of nitrogens with zero attached hydrogens (tertiary/aromatic N) is 2. The maximum atomic E-state index is 12.7. The van der Waals surface area contributed by atoms with Crippen LogP contribution in [0, 0.1) is 5.41 Å². The molecule has 1 aromatic rings. The highest BCUT2D eigenvalue weighted by Gasteiger charge is 2.40. The number of methoxy groups -OCH3 is 1. The molecule has 0 aliphatic carbocycles. The molecule has 5 heteroatoms. The Morgan fingerprint density at radius 2 is 2.28 bits per heavy atom. The largest absolute Gasteiger partial charge is 0.479 e. The van der Waals surface area contributed by atoms with Crippen LogP contribution in [-0.4, -0.2) is 36.0 Å².